The van der Waals surface area contributed by atoms with Gasteiger partial charge in [0.05, 0.1) is 4.88 Å². The molecule has 0 aromatic carbocycles. The Bertz CT molecular complexity index is 493. The molecule has 0 bridgehead atoms. The normalized spacial score (nSPS) is 16.0. The molecule has 1 aliphatic rings. The van der Waals surface area contributed by atoms with Gasteiger partial charge in [0.2, 0.25) is 5.91 Å². The Morgan fingerprint density at radius 2 is 2.05 bits per heavy atom. The predicted octanol–water partition coefficient (Wildman–Crippen LogP) is 1.39. The van der Waals surface area contributed by atoms with Crippen LogP contribution >= 0.6 is 11.3 Å². The number of rotatable bonds is 5. The minimum absolute atomic E-state index is 0.00746. The minimum atomic E-state index is 0.00746. The van der Waals surface area contributed by atoms with Gasteiger partial charge in [0.15, 0.2) is 0 Å². The first-order valence-electron chi connectivity index (χ1n) is 7.40. The van der Waals surface area contributed by atoms with Gasteiger partial charge in [0, 0.05) is 37.0 Å². The molecule has 0 radical (unpaired) electrons. The summed E-state index contributed by atoms with van der Waals surface area (Å²) >= 11 is 1.52. The summed E-state index contributed by atoms with van der Waals surface area (Å²) in [5.41, 5.74) is 0. The molecule has 2 amide bonds. The summed E-state index contributed by atoms with van der Waals surface area (Å²) in [5, 5.41) is 6.06. The summed E-state index contributed by atoms with van der Waals surface area (Å²) in [6, 6.07) is 4.00. The van der Waals surface area contributed by atoms with E-state index < -0.39 is 0 Å². The molecule has 2 rings (SSSR count). The van der Waals surface area contributed by atoms with Crippen molar-refractivity contribution >= 4 is 23.2 Å². The van der Waals surface area contributed by atoms with E-state index in [4.69, 9.17) is 0 Å². The Morgan fingerprint density at radius 1 is 1.33 bits per heavy atom. The molecule has 0 atom stereocenters. The maximum absolute atomic E-state index is 12.1. The molecule has 1 aliphatic heterocycles. The fourth-order valence-electron chi connectivity index (χ4n) is 2.48. The number of aryl methyl sites for hydroxylation is 1. The van der Waals surface area contributed by atoms with Crippen molar-refractivity contribution in [3.8, 4) is 0 Å². The van der Waals surface area contributed by atoms with Crippen LogP contribution < -0.4 is 10.6 Å². The van der Waals surface area contributed by atoms with Crippen LogP contribution in [-0.4, -0.2) is 49.4 Å². The lowest BCUT2D eigenvalue weighted by Gasteiger charge is -2.32. The first kappa shape index (κ1) is 16.0. The number of hydrogen-bond donors (Lipinski definition) is 2. The summed E-state index contributed by atoms with van der Waals surface area (Å²) in [5.74, 6) is 0.205. The smallest absolute Gasteiger partial charge is 0.261 e. The summed E-state index contributed by atoms with van der Waals surface area (Å²) in [6.07, 6.45) is 2.21. The van der Waals surface area contributed by atoms with Crippen LogP contribution in [0.15, 0.2) is 12.1 Å². The fraction of sp³-hybridized carbons (Fsp3) is 0.600. The third kappa shape index (κ3) is 4.54. The molecule has 1 aromatic rings. The number of hydrogen-bond acceptors (Lipinski definition) is 4. The first-order valence-corrected chi connectivity index (χ1v) is 8.21. The van der Waals surface area contributed by atoms with E-state index >= 15 is 0 Å². The van der Waals surface area contributed by atoms with Crippen molar-refractivity contribution in [3.05, 3.63) is 21.9 Å². The standard InChI is InChI=1S/C15H23N3O2S/c1-11-3-4-13(21-11)15(20)17-12-6-9-18(10-7-12)14(19)5-8-16-2/h3-4,12,16H,5-10H2,1-2H3,(H,17,20). The van der Waals surface area contributed by atoms with Crippen molar-refractivity contribution in [2.75, 3.05) is 26.7 Å². The molecule has 1 aromatic heterocycles. The van der Waals surface area contributed by atoms with Gasteiger partial charge in [-0.1, -0.05) is 0 Å². The zero-order valence-corrected chi connectivity index (χ0v) is 13.5. The Balaban J connectivity index is 1.76. The minimum Gasteiger partial charge on any atom is -0.348 e. The van der Waals surface area contributed by atoms with Gasteiger partial charge in [0.1, 0.15) is 0 Å². The second-order valence-electron chi connectivity index (χ2n) is 5.39. The van der Waals surface area contributed by atoms with Crippen molar-refractivity contribution < 1.29 is 9.59 Å². The van der Waals surface area contributed by atoms with Gasteiger partial charge in [-0.05, 0) is 38.9 Å². The predicted molar refractivity (Wildman–Crippen MR) is 84.7 cm³/mol. The fourth-order valence-corrected chi connectivity index (χ4v) is 3.25. The highest BCUT2D eigenvalue weighted by Gasteiger charge is 2.24. The van der Waals surface area contributed by atoms with Gasteiger partial charge in [0.25, 0.3) is 5.91 Å². The number of carbonyl (C=O) groups excluding carboxylic acids is 2. The number of carbonyl (C=O) groups is 2. The lowest BCUT2D eigenvalue weighted by molar-refractivity contribution is -0.132. The van der Waals surface area contributed by atoms with E-state index in [2.05, 4.69) is 10.6 Å². The van der Waals surface area contributed by atoms with E-state index in [1.54, 1.807) is 0 Å². The molecular formula is C15H23N3O2S. The molecule has 2 N–H and O–H groups in total. The van der Waals surface area contributed by atoms with Gasteiger partial charge < -0.3 is 15.5 Å². The van der Waals surface area contributed by atoms with Crippen LogP contribution in [0, 0.1) is 6.92 Å². The zero-order chi connectivity index (χ0) is 15.2. The largest absolute Gasteiger partial charge is 0.348 e. The molecule has 116 valence electrons. The summed E-state index contributed by atoms with van der Waals surface area (Å²) < 4.78 is 0. The highest BCUT2D eigenvalue weighted by atomic mass is 32.1. The maximum Gasteiger partial charge on any atom is 0.261 e. The van der Waals surface area contributed by atoms with Crippen molar-refractivity contribution in [2.24, 2.45) is 0 Å². The lowest BCUT2D eigenvalue weighted by Crippen LogP contribution is -2.46. The van der Waals surface area contributed by atoms with Crippen molar-refractivity contribution in [1.29, 1.82) is 0 Å². The van der Waals surface area contributed by atoms with E-state index in [0.29, 0.717) is 13.0 Å². The highest BCUT2D eigenvalue weighted by molar-refractivity contribution is 7.13. The number of amides is 2. The number of nitrogens with one attached hydrogen (secondary N) is 2. The van der Waals surface area contributed by atoms with Gasteiger partial charge >= 0.3 is 0 Å². The average molecular weight is 309 g/mol. The van der Waals surface area contributed by atoms with Gasteiger partial charge in [-0.15, -0.1) is 11.3 Å². The second kappa shape index (κ2) is 7.56. The Kier molecular flexibility index (Phi) is 5.76. The third-order valence-corrected chi connectivity index (χ3v) is 4.74. The van der Waals surface area contributed by atoms with Crippen LogP contribution in [0.4, 0.5) is 0 Å². The summed E-state index contributed by atoms with van der Waals surface area (Å²) in [4.78, 5) is 27.8. The molecule has 0 saturated carbocycles. The number of thiophene rings is 1. The summed E-state index contributed by atoms with van der Waals surface area (Å²) in [7, 11) is 1.85. The molecule has 1 fully saturated rings. The average Bonchev–Trinajstić information content (AvgIpc) is 2.92. The van der Waals surface area contributed by atoms with Crippen LogP contribution in [0.2, 0.25) is 0 Å². The number of nitrogens with zero attached hydrogens (tertiary/aromatic N) is 1. The zero-order valence-electron chi connectivity index (χ0n) is 12.6. The van der Waals surface area contributed by atoms with Crippen LogP contribution in [-0.2, 0) is 4.79 Å². The van der Waals surface area contributed by atoms with Crippen LogP contribution in [0.5, 0.6) is 0 Å². The van der Waals surface area contributed by atoms with E-state index in [-0.39, 0.29) is 17.9 Å². The van der Waals surface area contributed by atoms with Crippen molar-refractivity contribution in [3.63, 3.8) is 0 Å². The Labute approximate surface area is 129 Å². The maximum atomic E-state index is 12.1. The molecule has 0 aliphatic carbocycles. The summed E-state index contributed by atoms with van der Waals surface area (Å²) in [6.45, 7) is 4.18. The molecule has 2 heterocycles. The second-order valence-corrected chi connectivity index (χ2v) is 6.68. The van der Waals surface area contributed by atoms with Gasteiger partial charge in [-0.3, -0.25) is 9.59 Å². The quantitative estimate of drug-likeness (QED) is 0.864. The molecule has 5 nitrogen and oxygen atoms in total. The topological polar surface area (TPSA) is 61.4 Å². The van der Waals surface area contributed by atoms with Crippen LogP contribution in [0.1, 0.15) is 33.8 Å². The Hall–Kier alpha value is -1.40. The first-order chi connectivity index (χ1) is 10.1. The van der Waals surface area contributed by atoms with Crippen LogP contribution in [0.3, 0.4) is 0 Å². The molecular weight excluding hydrogens is 286 g/mol. The molecule has 0 spiro atoms. The van der Waals surface area contributed by atoms with E-state index in [1.807, 2.05) is 31.0 Å². The van der Waals surface area contributed by atoms with Crippen molar-refractivity contribution in [2.45, 2.75) is 32.2 Å². The van der Waals surface area contributed by atoms with Gasteiger partial charge in [-0.2, -0.15) is 0 Å². The molecule has 21 heavy (non-hydrogen) atoms. The number of piperidine rings is 1. The Morgan fingerprint density at radius 3 is 2.62 bits per heavy atom. The van der Waals surface area contributed by atoms with E-state index in [9.17, 15) is 9.59 Å². The SMILES string of the molecule is CNCCC(=O)N1CCC(NC(=O)c2ccc(C)s2)CC1. The lowest BCUT2D eigenvalue weighted by atomic mass is 10.0. The van der Waals surface area contributed by atoms with E-state index in [0.717, 1.165) is 35.7 Å². The molecule has 6 heteroatoms. The highest BCUT2D eigenvalue weighted by Crippen LogP contribution is 2.17. The molecule has 1 saturated heterocycles. The van der Waals surface area contributed by atoms with Crippen molar-refractivity contribution in [1.82, 2.24) is 15.5 Å². The van der Waals surface area contributed by atoms with E-state index in [1.165, 1.54) is 11.3 Å². The monoisotopic (exact) mass is 309 g/mol. The molecule has 0 unspecified atom stereocenters. The van der Waals surface area contributed by atoms with Crippen LogP contribution in [0.25, 0.3) is 0 Å². The third-order valence-electron chi connectivity index (χ3n) is 3.74. The number of likely N-dealkylation sites (tertiary alicyclic amines) is 1. The van der Waals surface area contributed by atoms with Gasteiger partial charge in [-0.25, -0.2) is 0 Å².